The third kappa shape index (κ3) is 7.06. The summed E-state index contributed by atoms with van der Waals surface area (Å²) in [5.41, 5.74) is 4.19. The fraction of sp³-hybridized carbons (Fsp3) is 0.120. The van der Waals surface area contributed by atoms with Gasteiger partial charge in [0.1, 0.15) is 5.75 Å². The largest absolute Gasteiger partial charge is 0.484 e. The van der Waals surface area contributed by atoms with Crippen molar-refractivity contribution in [1.29, 1.82) is 0 Å². The third-order valence-corrected chi connectivity index (χ3v) is 5.36. The first-order valence-corrected chi connectivity index (χ1v) is 11.5. The highest BCUT2D eigenvalue weighted by atomic mass is 79.9. The first-order valence-electron chi connectivity index (χ1n) is 10.7. The van der Waals surface area contributed by atoms with E-state index in [0.29, 0.717) is 28.5 Å². The van der Waals surface area contributed by atoms with Gasteiger partial charge in [-0.2, -0.15) is 5.10 Å². The minimum Gasteiger partial charge on any atom is -0.484 e. The molecule has 1 heterocycles. The number of ether oxygens (including phenoxy) is 3. The second-order valence-electron chi connectivity index (χ2n) is 7.49. The van der Waals surface area contributed by atoms with Crippen molar-refractivity contribution >= 4 is 45.6 Å². The average Bonchev–Trinajstić information content (AvgIpc) is 3.35. The van der Waals surface area contributed by atoms with Crippen LogP contribution in [-0.4, -0.2) is 37.3 Å². The minimum atomic E-state index is -0.913. The lowest BCUT2D eigenvalue weighted by Gasteiger charge is -2.08. The molecule has 36 heavy (non-hydrogen) atoms. The van der Waals surface area contributed by atoms with E-state index in [1.807, 2.05) is 12.1 Å². The number of anilines is 1. The van der Waals surface area contributed by atoms with Crippen molar-refractivity contribution in [2.75, 3.05) is 18.7 Å². The third-order valence-electron chi connectivity index (χ3n) is 4.83. The molecule has 1 aliphatic heterocycles. The number of hydrazone groups is 1. The van der Waals surface area contributed by atoms with E-state index in [2.05, 4.69) is 37.1 Å². The summed E-state index contributed by atoms with van der Waals surface area (Å²) in [5.74, 6) is -0.390. The molecular formula is C25H21BrN4O6. The molecule has 0 aliphatic carbocycles. The summed E-state index contributed by atoms with van der Waals surface area (Å²) < 4.78 is 17.0. The Labute approximate surface area is 214 Å². The molecule has 4 rings (SSSR count). The molecule has 0 aromatic heterocycles. The van der Waals surface area contributed by atoms with E-state index in [-0.39, 0.29) is 25.9 Å². The van der Waals surface area contributed by atoms with Crippen LogP contribution in [-0.2, 0) is 20.9 Å². The van der Waals surface area contributed by atoms with Gasteiger partial charge in [-0.25, -0.2) is 5.43 Å². The van der Waals surface area contributed by atoms with Crippen LogP contribution < -0.4 is 30.3 Å². The molecule has 3 N–H and O–H groups in total. The van der Waals surface area contributed by atoms with E-state index in [0.717, 1.165) is 10.0 Å². The number of rotatable bonds is 8. The Morgan fingerprint density at radius 2 is 1.78 bits per heavy atom. The van der Waals surface area contributed by atoms with Crippen molar-refractivity contribution in [3.63, 3.8) is 0 Å². The number of carbonyl (C=O) groups is 3. The highest BCUT2D eigenvalue weighted by molar-refractivity contribution is 9.10. The summed E-state index contributed by atoms with van der Waals surface area (Å²) in [6, 6.07) is 19.2. The maximum atomic E-state index is 12.1. The van der Waals surface area contributed by atoms with Crippen LogP contribution in [0.1, 0.15) is 11.1 Å². The molecule has 184 valence electrons. The molecule has 0 saturated carbocycles. The van der Waals surface area contributed by atoms with Gasteiger partial charge in [0.25, 0.3) is 5.91 Å². The van der Waals surface area contributed by atoms with Gasteiger partial charge in [-0.15, -0.1) is 0 Å². The minimum absolute atomic E-state index is 0.140. The van der Waals surface area contributed by atoms with Crippen molar-refractivity contribution < 1.29 is 28.6 Å². The second-order valence-corrected chi connectivity index (χ2v) is 8.40. The highest BCUT2D eigenvalue weighted by Crippen LogP contribution is 2.32. The molecule has 0 atom stereocenters. The molecule has 10 nitrogen and oxygen atoms in total. The van der Waals surface area contributed by atoms with E-state index >= 15 is 0 Å². The fourth-order valence-corrected chi connectivity index (χ4v) is 3.36. The molecule has 0 radical (unpaired) electrons. The van der Waals surface area contributed by atoms with Gasteiger partial charge in [-0.1, -0.05) is 34.1 Å². The maximum absolute atomic E-state index is 12.1. The zero-order chi connectivity index (χ0) is 25.3. The van der Waals surface area contributed by atoms with Crippen LogP contribution in [0.4, 0.5) is 5.69 Å². The zero-order valence-corrected chi connectivity index (χ0v) is 20.4. The number of halogens is 1. The number of carbonyl (C=O) groups excluding carboxylic acids is 3. The highest BCUT2D eigenvalue weighted by Gasteiger charge is 2.15. The Kier molecular flexibility index (Phi) is 8.14. The number of hydrogen-bond acceptors (Lipinski definition) is 7. The van der Waals surface area contributed by atoms with Crippen LogP contribution in [0.25, 0.3) is 0 Å². The summed E-state index contributed by atoms with van der Waals surface area (Å²) in [6.45, 7) is 0.112. The number of amides is 3. The molecule has 0 saturated heterocycles. The van der Waals surface area contributed by atoms with Crippen LogP contribution >= 0.6 is 15.9 Å². The van der Waals surface area contributed by atoms with Crippen LogP contribution in [0.5, 0.6) is 17.2 Å². The summed E-state index contributed by atoms with van der Waals surface area (Å²) in [6.07, 6.45) is 1.36. The smallest absolute Gasteiger partial charge is 0.329 e. The van der Waals surface area contributed by atoms with Gasteiger partial charge in [0.2, 0.25) is 6.79 Å². The van der Waals surface area contributed by atoms with Gasteiger partial charge >= 0.3 is 11.8 Å². The number of hydrogen-bond donors (Lipinski definition) is 3. The van der Waals surface area contributed by atoms with Crippen molar-refractivity contribution in [1.82, 2.24) is 10.7 Å². The quantitative estimate of drug-likeness (QED) is 0.224. The standard InChI is InChI=1S/C25H21BrN4O6/c26-18-5-7-19(8-6-18)29-23(31)14-34-20-3-1-2-16(10-20)13-28-30-25(33)24(32)27-12-17-4-9-21-22(11-17)36-15-35-21/h1-11,13H,12,14-15H2,(H,27,32)(H,29,31)(H,30,33)/b28-13-. The van der Waals surface area contributed by atoms with E-state index in [1.165, 1.54) is 6.21 Å². The van der Waals surface area contributed by atoms with E-state index in [4.69, 9.17) is 14.2 Å². The molecule has 0 unspecified atom stereocenters. The first kappa shape index (κ1) is 24.7. The van der Waals surface area contributed by atoms with E-state index < -0.39 is 11.8 Å². The average molecular weight is 553 g/mol. The lowest BCUT2D eigenvalue weighted by molar-refractivity contribution is -0.139. The summed E-state index contributed by atoms with van der Waals surface area (Å²) in [7, 11) is 0. The number of fused-ring (bicyclic) bond motifs is 1. The summed E-state index contributed by atoms with van der Waals surface area (Å²) >= 11 is 3.34. The van der Waals surface area contributed by atoms with Crippen molar-refractivity contribution in [2.24, 2.45) is 5.10 Å². The lowest BCUT2D eigenvalue weighted by atomic mass is 10.2. The number of nitrogens with one attached hydrogen (secondary N) is 3. The SMILES string of the molecule is O=C(COc1cccc(/C=N\NC(=O)C(=O)NCc2ccc3c(c2)OCO3)c1)Nc1ccc(Br)cc1. The van der Waals surface area contributed by atoms with Crippen LogP contribution in [0.3, 0.4) is 0 Å². The van der Waals surface area contributed by atoms with Crippen molar-refractivity contribution in [3.8, 4) is 17.2 Å². The van der Waals surface area contributed by atoms with Gasteiger partial charge in [0.05, 0.1) is 6.21 Å². The predicted octanol–water partition coefficient (Wildman–Crippen LogP) is 2.96. The Morgan fingerprint density at radius 3 is 2.61 bits per heavy atom. The fourth-order valence-electron chi connectivity index (χ4n) is 3.09. The molecule has 3 amide bonds. The van der Waals surface area contributed by atoms with Crippen LogP contribution in [0.2, 0.25) is 0 Å². The Morgan fingerprint density at radius 1 is 0.972 bits per heavy atom. The monoisotopic (exact) mass is 552 g/mol. The van der Waals surface area contributed by atoms with Crippen molar-refractivity contribution in [2.45, 2.75) is 6.54 Å². The topological polar surface area (TPSA) is 127 Å². The number of nitrogens with zero attached hydrogens (tertiary/aromatic N) is 1. The zero-order valence-electron chi connectivity index (χ0n) is 18.8. The Hall–Kier alpha value is -4.38. The number of benzene rings is 3. The molecule has 1 aliphatic rings. The van der Waals surface area contributed by atoms with Gasteiger partial charge < -0.3 is 24.8 Å². The van der Waals surface area contributed by atoms with Crippen molar-refractivity contribution in [3.05, 3.63) is 82.3 Å². The molecular weight excluding hydrogens is 532 g/mol. The first-order chi connectivity index (χ1) is 17.5. The molecule has 3 aromatic rings. The van der Waals surface area contributed by atoms with Crippen LogP contribution in [0, 0.1) is 0 Å². The Balaban J connectivity index is 1.21. The van der Waals surface area contributed by atoms with Gasteiger partial charge in [-0.05, 0) is 59.7 Å². The summed E-state index contributed by atoms with van der Waals surface area (Å²) in [4.78, 5) is 36.1. The predicted molar refractivity (Wildman–Crippen MR) is 135 cm³/mol. The maximum Gasteiger partial charge on any atom is 0.329 e. The molecule has 3 aromatic carbocycles. The normalized spacial score (nSPS) is 11.7. The second kappa shape index (κ2) is 11.8. The molecule has 11 heteroatoms. The van der Waals surface area contributed by atoms with Gasteiger partial charge in [-0.3, -0.25) is 14.4 Å². The summed E-state index contributed by atoms with van der Waals surface area (Å²) in [5, 5.41) is 9.05. The van der Waals surface area contributed by atoms with Crippen LogP contribution in [0.15, 0.2) is 76.3 Å². The molecule has 0 fully saturated rings. The van der Waals surface area contributed by atoms with E-state index in [9.17, 15) is 14.4 Å². The Bertz CT molecular complexity index is 1300. The molecule has 0 spiro atoms. The van der Waals surface area contributed by atoms with Gasteiger partial charge in [0.15, 0.2) is 18.1 Å². The van der Waals surface area contributed by atoms with E-state index in [1.54, 1.807) is 54.6 Å². The molecule has 0 bridgehead atoms. The van der Waals surface area contributed by atoms with Gasteiger partial charge in [0, 0.05) is 16.7 Å². The lowest BCUT2D eigenvalue weighted by Crippen LogP contribution is -2.37.